The van der Waals surface area contributed by atoms with Gasteiger partial charge in [0.05, 0.1) is 17.7 Å². The molecule has 0 spiro atoms. The first-order chi connectivity index (χ1) is 11.7. The highest BCUT2D eigenvalue weighted by molar-refractivity contribution is 5.86. The molecule has 144 valence electrons. The van der Waals surface area contributed by atoms with Crippen molar-refractivity contribution in [1.29, 1.82) is 0 Å². The van der Waals surface area contributed by atoms with Gasteiger partial charge in [0.25, 0.3) is 0 Å². The smallest absolute Gasteiger partial charge is 0.217 e. The highest BCUT2D eigenvalue weighted by Crippen LogP contribution is 2.33. The summed E-state index contributed by atoms with van der Waals surface area (Å²) in [5.74, 6) is 0.323. The van der Waals surface area contributed by atoms with Crippen LogP contribution in [0.15, 0.2) is 12.2 Å². The van der Waals surface area contributed by atoms with E-state index in [4.69, 9.17) is 4.74 Å². The maximum absolute atomic E-state index is 12.5. The van der Waals surface area contributed by atoms with Gasteiger partial charge in [-0.3, -0.25) is 9.59 Å². The van der Waals surface area contributed by atoms with Crippen molar-refractivity contribution in [3.63, 3.8) is 0 Å². The summed E-state index contributed by atoms with van der Waals surface area (Å²) < 4.78 is 5.86. The topological polar surface area (TPSA) is 67.4 Å². The Balaban J connectivity index is 3.20. The van der Waals surface area contributed by atoms with Gasteiger partial charge in [0, 0.05) is 26.0 Å². The zero-order valence-electron chi connectivity index (χ0n) is 16.9. The average Bonchev–Trinajstić information content (AvgIpc) is 2.95. The predicted octanol–water partition coefficient (Wildman–Crippen LogP) is 2.84. The molecule has 0 aromatic carbocycles. The van der Waals surface area contributed by atoms with Crippen molar-refractivity contribution in [2.45, 2.75) is 84.5 Å². The number of amides is 1. The van der Waals surface area contributed by atoms with Crippen LogP contribution in [0, 0.1) is 11.8 Å². The highest BCUT2D eigenvalue weighted by atomic mass is 16.5. The number of carbonyl (C=O) groups excluding carboxylic acids is 2. The van der Waals surface area contributed by atoms with Crippen molar-refractivity contribution in [1.82, 2.24) is 10.6 Å². The number of nitrogens with one attached hydrogen (secondary N) is 2. The van der Waals surface area contributed by atoms with Gasteiger partial charge < -0.3 is 15.4 Å². The molecule has 1 aliphatic rings. The zero-order chi connectivity index (χ0) is 19.2. The molecule has 0 saturated carbocycles. The fourth-order valence-electron chi connectivity index (χ4n) is 3.95. The molecule has 1 aliphatic heterocycles. The summed E-state index contributed by atoms with van der Waals surface area (Å²) in [7, 11) is 1.70. The van der Waals surface area contributed by atoms with Crippen molar-refractivity contribution < 1.29 is 14.3 Å². The van der Waals surface area contributed by atoms with Crippen molar-refractivity contribution in [3.05, 3.63) is 12.2 Å². The van der Waals surface area contributed by atoms with E-state index < -0.39 is 5.60 Å². The van der Waals surface area contributed by atoms with Gasteiger partial charge in [0.1, 0.15) is 0 Å². The fraction of sp³-hybridized carbons (Fsp3) is 0.800. The number of hydrogen-bond acceptors (Lipinski definition) is 4. The molecular formula is C20H36N2O3. The molecule has 0 radical (unpaired) electrons. The van der Waals surface area contributed by atoms with E-state index in [1.807, 2.05) is 33.8 Å². The molecule has 0 aromatic heterocycles. The van der Waals surface area contributed by atoms with Gasteiger partial charge in [0.15, 0.2) is 5.78 Å². The summed E-state index contributed by atoms with van der Waals surface area (Å²) in [6.45, 7) is 11.5. The first-order valence-corrected chi connectivity index (χ1v) is 9.45. The minimum absolute atomic E-state index is 0.00817. The van der Waals surface area contributed by atoms with Crippen LogP contribution in [0.2, 0.25) is 0 Å². The molecule has 1 fully saturated rings. The van der Waals surface area contributed by atoms with Crippen LogP contribution in [-0.2, 0) is 14.3 Å². The summed E-state index contributed by atoms with van der Waals surface area (Å²) in [4.78, 5) is 24.4. The highest BCUT2D eigenvalue weighted by Gasteiger charge is 2.47. The van der Waals surface area contributed by atoms with Gasteiger partial charge in [-0.15, -0.1) is 0 Å². The third-order valence-corrected chi connectivity index (χ3v) is 5.30. The minimum atomic E-state index is -0.492. The van der Waals surface area contributed by atoms with Crippen LogP contribution in [0.25, 0.3) is 0 Å². The number of Topliss-reactive ketones (excluding diaryl/α,β-unsaturated/α-hetero) is 1. The third kappa shape index (κ3) is 5.38. The molecule has 5 heteroatoms. The van der Waals surface area contributed by atoms with Crippen LogP contribution in [-0.4, -0.2) is 42.5 Å². The number of allylic oxidation sites excluding steroid dienone is 1. The van der Waals surface area contributed by atoms with Gasteiger partial charge >= 0.3 is 0 Å². The Hall–Kier alpha value is -1.20. The summed E-state index contributed by atoms with van der Waals surface area (Å²) in [6.07, 6.45) is 6.71. The van der Waals surface area contributed by atoms with Crippen molar-refractivity contribution >= 4 is 11.7 Å². The van der Waals surface area contributed by atoms with Crippen LogP contribution < -0.4 is 10.6 Å². The molecule has 0 aliphatic carbocycles. The summed E-state index contributed by atoms with van der Waals surface area (Å²) in [5.41, 5.74) is -0.492. The first kappa shape index (κ1) is 21.8. The number of ketones is 1. The second-order valence-electron chi connectivity index (χ2n) is 7.67. The van der Waals surface area contributed by atoms with E-state index in [-0.39, 0.29) is 41.7 Å². The molecule has 0 unspecified atom stereocenters. The second-order valence-corrected chi connectivity index (χ2v) is 7.67. The van der Waals surface area contributed by atoms with E-state index >= 15 is 0 Å². The van der Waals surface area contributed by atoms with Gasteiger partial charge in [-0.25, -0.2) is 0 Å². The zero-order valence-corrected chi connectivity index (χ0v) is 16.9. The van der Waals surface area contributed by atoms with Gasteiger partial charge in [-0.1, -0.05) is 39.3 Å². The van der Waals surface area contributed by atoms with E-state index in [1.165, 1.54) is 6.92 Å². The van der Waals surface area contributed by atoms with Gasteiger partial charge in [-0.2, -0.15) is 0 Å². The van der Waals surface area contributed by atoms with Crippen LogP contribution in [0.4, 0.5) is 0 Å². The van der Waals surface area contributed by atoms with E-state index in [9.17, 15) is 9.59 Å². The molecule has 1 rings (SSSR count). The Morgan fingerprint density at radius 2 is 2.04 bits per heavy atom. The van der Waals surface area contributed by atoms with E-state index in [0.717, 1.165) is 19.3 Å². The Kier molecular flexibility index (Phi) is 8.29. The fourth-order valence-corrected chi connectivity index (χ4v) is 3.95. The lowest BCUT2D eigenvalue weighted by molar-refractivity contribution is -0.124. The van der Waals surface area contributed by atoms with Gasteiger partial charge in [-0.05, 0) is 32.6 Å². The second kappa shape index (κ2) is 9.48. The Bertz CT molecular complexity index is 489. The van der Waals surface area contributed by atoms with Crippen LogP contribution in [0.1, 0.15) is 60.8 Å². The molecule has 0 aromatic rings. The number of hydrogen-bond donors (Lipinski definition) is 2. The van der Waals surface area contributed by atoms with E-state index in [1.54, 1.807) is 7.11 Å². The Labute approximate surface area is 153 Å². The molecule has 5 atom stereocenters. The normalized spacial score (nSPS) is 27.4. The Morgan fingerprint density at radius 1 is 1.40 bits per heavy atom. The molecule has 25 heavy (non-hydrogen) atoms. The molecule has 2 N–H and O–H groups in total. The Morgan fingerprint density at radius 3 is 2.48 bits per heavy atom. The third-order valence-electron chi connectivity index (χ3n) is 5.30. The molecule has 1 saturated heterocycles. The molecule has 5 nitrogen and oxygen atoms in total. The largest absolute Gasteiger partial charge is 0.376 e. The SMILES string of the molecule is CC=C[C@@H]1C[C@H](C(=O)C(C)C)N[C@H]1[C@@H](NC(C)=O)[C@](C)(CCC)OC. The van der Waals surface area contributed by atoms with Crippen molar-refractivity contribution in [2.24, 2.45) is 11.8 Å². The number of ether oxygens (including phenoxy) is 1. The lowest BCUT2D eigenvalue weighted by Crippen LogP contribution is -2.62. The quantitative estimate of drug-likeness (QED) is 0.626. The summed E-state index contributed by atoms with van der Waals surface area (Å²) in [6, 6.07) is -0.421. The van der Waals surface area contributed by atoms with Crippen molar-refractivity contribution in [3.8, 4) is 0 Å². The number of rotatable bonds is 9. The molecule has 1 heterocycles. The van der Waals surface area contributed by atoms with Crippen LogP contribution in [0.5, 0.6) is 0 Å². The summed E-state index contributed by atoms with van der Waals surface area (Å²) in [5, 5.41) is 6.62. The predicted molar refractivity (Wildman–Crippen MR) is 101 cm³/mol. The first-order valence-electron chi connectivity index (χ1n) is 9.45. The van der Waals surface area contributed by atoms with E-state index in [0.29, 0.717) is 0 Å². The average molecular weight is 353 g/mol. The van der Waals surface area contributed by atoms with Crippen molar-refractivity contribution in [2.75, 3.05) is 7.11 Å². The number of methoxy groups -OCH3 is 1. The molecule has 1 amide bonds. The summed E-state index contributed by atoms with van der Waals surface area (Å²) >= 11 is 0. The number of carbonyl (C=O) groups is 2. The van der Waals surface area contributed by atoms with Crippen LogP contribution in [0.3, 0.4) is 0 Å². The maximum atomic E-state index is 12.5. The van der Waals surface area contributed by atoms with Crippen LogP contribution >= 0.6 is 0 Å². The monoisotopic (exact) mass is 352 g/mol. The van der Waals surface area contributed by atoms with E-state index in [2.05, 4.69) is 23.6 Å². The molecular weight excluding hydrogens is 316 g/mol. The minimum Gasteiger partial charge on any atom is -0.376 e. The standard InChI is InChI=1S/C20H36N2O3/c1-8-10-15-12-16(18(24)13(3)4)22-17(15)19(21-14(5)23)20(6,25-7)11-9-2/h8,10,13,15-17,19,22H,9,11-12H2,1-7H3,(H,21,23)/t15-,16-,17-,19-,20+/m1/s1. The lowest BCUT2D eigenvalue weighted by atomic mass is 9.81. The van der Waals surface area contributed by atoms with Gasteiger partial charge in [0.2, 0.25) is 5.91 Å². The maximum Gasteiger partial charge on any atom is 0.217 e. The molecule has 0 bridgehead atoms. The lowest BCUT2D eigenvalue weighted by Gasteiger charge is -2.41.